The van der Waals surface area contributed by atoms with Crippen LogP contribution in [0.2, 0.25) is 18.1 Å². The Kier molecular flexibility index (Phi) is 11.4. The second kappa shape index (κ2) is 13.0. The number of methoxy groups -OCH3 is 1. The van der Waals surface area contributed by atoms with Gasteiger partial charge in [-0.15, -0.1) is 5.54 Å². The highest BCUT2D eigenvalue weighted by Crippen LogP contribution is 2.35. The van der Waals surface area contributed by atoms with Crippen molar-refractivity contribution >= 4 is 8.07 Å². The fraction of sp³-hybridized carbons (Fsp3) is 0.640. The molecule has 0 aliphatic heterocycles. The Labute approximate surface area is 195 Å². The molecule has 1 aromatic heterocycles. The lowest BCUT2D eigenvalue weighted by Crippen LogP contribution is -2.35. The first-order valence-corrected chi connectivity index (χ1v) is 13.9. The quantitative estimate of drug-likeness (QED) is 0.326. The van der Waals surface area contributed by atoms with E-state index in [0.29, 0.717) is 56.8 Å². The molecule has 0 saturated heterocycles. The molecule has 0 aliphatic rings. The summed E-state index contributed by atoms with van der Waals surface area (Å²) in [5.41, 5.74) is 3.49. The Morgan fingerprint density at radius 3 is 1.94 bits per heavy atom. The van der Waals surface area contributed by atoms with Crippen molar-refractivity contribution < 1.29 is 24.1 Å². The lowest BCUT2D eigenvalue weighted by Gasteiger charge is -2.31. The Morgan fingerprint density at radius 1 is 0.875 bits per heavy atom. The third-order valence-corrected chi connectivity index (χ3v) is 9.47. The zero-order valence-corrected chi connectivity index (χ0v) is 21.9. The normalized spacial score (nSPS) is 11.9. The highest BCUT2D eigenvalue weighted by atomic mass is 28.3. The monoisotopic (exact) mass is 461 g/mol. The van der Waals surface area contributed by atoms with Crippen LogP contribution in [0.25, 0.3) is 0 Å². The Hall–Kier alpha value is -1.87. The van der Waals surface area contributed by atoms with E-state index in [1.165, 1.54) is 0 Å². The summed E-state index contributed by atoms with van der Waals surface area (Å²) < 4.78 is 21.7. The molecule has 0 spiro atoms. The third-order valence-electron chi connectivity index (χ3n) is 4.97. The smallest absolute Gasteiger partial charge is 0.138 e. The summed E-state index contributed by atoms with van der Waals surface area (Å²) in [6.45, 7) is 17.4. The van der Waals surface area contributed by atoms with Gasteiger partial charge < -0.3 is 24.1 Å². The van der Waals surface area contributed by atoms with E-state index in [-0.39, 0.29) is 5.04 Å². The van der Waals surface area contributed by atoms with E-state index in [1.54, 1.807) is 27.0 Å². The molecule has 7 heteroatoms. The van der Waals surface area contributed by atoms with Gasteiger partial charge in [-0.3, -0.25) is 0 Å². The number of nitrogens with zero attached hydrogens (tertiary/aromatic N) is 1. The Balaban J connectivity index is 2.85. The largest absolute Gasteiger partial charge is 0.491 e. The zero-order chi connectivity index (χ0) is 24.3. The number of hydrogen-bond acceptors (Lipinski definition) is 6. The molecule has 0 bridgehead atoms. The van der Waals surface area contributed by atoms with Crippen LogP contribution in [0.3, 0.4) is 0 Å². The van der Waals surface area contributed by atoms with Gasteiger partial charge in [0.05, 0.1) is 33.0 Å². The molecule has 0 aromatic carbocycles. The number of hydrogen-bond donors (Lipinski definition) is 1. The first kappa shape index (κ1) is 28.2. The average molecular weight is 462 g/mol. The van der Waals surface area contributed by atoms with E-state index < -0.39 is 13.7 Å². The molecule has 1 rings (SSSR count). The molecule has 0 atom stereocenters. The fourth-order valence-corrected chi connectivity index (χ4v) is 2.84. The van der Waals surface area contributed by atoms with Crippen LogP contribution >= 0.6 is 0 Å². The summed E-state index contributed by atoms with van der Waals surface area (Å²) in [6, 6.07) is 3.58. The Bertz CT molecular complexity index is 832. The van der Waals surface area contributed by atoms with E-state index in [9.17, 15) is 5.11 Å². The molecule has 1 N–H and O–H groups in total. The fourth-order valence-electron chi connectivity index (χ4n) is 2.02. The van der Waals surface area contributed by atoms with Crippen LogP contribution in [-0.4, -0.2) is 70.5 Å². The Morgan fingerprint density at radius 2 is 1.41 bits per heavy atom. The van der Waals surface area contributed by atoms with Crippen LogP contribution in [0.5, 0.6) is 5.75 Å². The molecule has 178 valence electrons. The molecule has 0 fully saturated rings. The number of aliphatic hydroxyl groups is 1. The second-order valence-electron chi connectivity index (χ2n) is 9.57. The van der Waals surface area contributed by atoms with E-state index >= 15 is 0 Å². The highest BCUT2D eigenvalue weighted by Gasteiger charge is 2.33. The van der Waals surface area contributed by atoms with E-state index in [2.05, 4.69) is 62.2 Å². The van der Waals surface area contributed by atoms with Crippen molar-refractivity contribution in [3.05, 3.63) is 23.5 Å². The van der Waals surface area contributed by atoms with Crippen molar-refractivity contribution in [2.24, 2.45) is 0 Å². The molecule has 6 nitrogen and oxygen atoms in total. The van der Waals surface area contributed by atoms with Crippen molar-refractivity contribution in [3.63, 3.8) is 0 Å². The van der Waals surface area contributed by atoms with Gasteiger partial charge in [-0.2, -0.15) is 0 Å². The second-order valence-corrected chi connectivity index (χ2v) is 14.6. The molecule has 0 saturated carbocycles. The lowest BCUT2D eigenvalue weighted by molar-refractivity contribution is 0.0179. The van der Waals surface area contributed by atoms with Crippen LogP contribution in [0.4, 0.5) is 0 Å². The SMILES string of the molecule is COCCOCCOCCOc1cc(C#CC(C)(C)O)nc(C#C[Si](C)(C)C(C)(C)C)c1. The topological polar surface area (TPSA) is 70.0 Å². The van der Waals surface area contributed by atoms with E-state index in [1.807, 2.05) is 6.07 Å². The minimum atomic E-state index is -1.78. The molecular weight excluding hydrogens is 422 g/mol. The molecule has 0 radical (unpaired) electrons. The predicted octanol–water partition coefficient (Wildman–Crippen LogP) is 3.66. The maximum absolute atomic E-state index is 9.92. The van der Waals surface area contributed by atoms with E-state index in [4.69, 9.17) is 18.9 Å². The van der Waals surface area contributed by atoms with Gasteiger partial charge in [0.2, 0.25) is 0 Å². The first-order chi connectivity index (χ1) is 14.8. The van der Waals surface area contributed by atoms with Gasteiger partial charge in [-0.25, -0.2) is 4.98 Å². The number of pyridine rings is 1. The molecular formula is C25H39NO5Si. The van der Waals surface area contributed by atoms with Gasteiger partial charge in [0.25, 0.3) is 0 Å². The summed E-state index contributed by atoms with van der Waals surface area (Å²) in [6.07, 6.45) is 0. The van der Waals surface area contributed by atoms with Crippen molar-refractivity contribution in [1.82, 2.24) is 4.98 Å². The minimum Gasteiger partial charge on any atom is -0.491 e. The standard InChI is InChI=1S/C25H39NO5Si/c1-24(2,3)32(7,8)18-10-22-20-23(19-21(26-22)9-11-25(4,5)27)31-17-16-30-15-14-29-13-12-28-6/h19-20,27H,12-17H2,1-8H3. The van der Waals surface area contributed by atoms with Gasteiger partial charge in [-0.1, -0.05) is 45.7 Å². The summed E-state index contributed by atoms with van der Waals surface area (Å²) in [7, 11) is -0.140. The van der Waals surface area contributed by atoms with Crippen molar-refractivity contribution in [1.29, 1.82) is 0 Å². The van der Waals surface area contributed by atoms with Gasteiger partial charge in [-0.05, 0) is 24.8 Å². The van der Waals surface area contributed by atoms with Crippen molar-refractivity contribution in [2.45, 2.75) is 58.4 Å². The van der Waals surface area contributed by atoms with Crippen molar-refractivity contribution in [3.8, 4) is 29.1 Å². The number of ether oxygens (including phenoxy) is 4. The summed E-state index contributed by atoms with van der Waals surface area (Å²) in [4.78, 5) is 4.54. The van der Waals surface area contributed by atoms with Crippen LogP contribution in [0.15, 0.2) is 12.1 Å². The molecule has 0 unspecified atom stereocenters. The third kappa shape index (κ3) is 11.7. The summed E-state index contributed by atoms with van der Waals surface area (Å²) in [5, 5.41) is 10.1. The van der Waals surface area contributed by atoms with Gasteiger partial charge >= 0.3 is 0 Å². The van der Waals surface area contributed by atoms with Crippen molar-refractivity contribution in [2.75, 3.05) is 46.8 Å². The molecule has 1 heterocycles. The number of aromatic nitrogens is 1. The molecule has 0 amide bonds. The van der Waals surface area contributed by atoms with Gasteiger partial charge in [0.1, 0.15) is 37.4 Å². The average Bonchev–Trinajstić information content (AvgIpc) is 2.68. The van der Waals surface area contributed by atoms with Gasteiger partial charge in [0.15, 0.2) is 0 Å². The molecule has 32 heavy (non-hydrogen) atoms. The maximum atomic E-state index is 9.92. The summed E-state index contributed by atoms with van der Waals surface area (Å²) in [5.74, 6) is 9.58. The zero-order valence-electron chi connectivity index (χ0n) is 20.9. The van der Waals surface area contributed by atoms with E-state index in [0.717, 1.165) is 0 Å². The minimum absolute atomic E-state index is 0.155. The molecule has 1 aromatic rings. The van der Waals surface area contributed by atoms with Crippen LogP contribution in [0, 0.1) is 23.3 Å². The lowest BCUT2D eigenvalue weighted by atomic mass is 10.1. The maximum Gasteiger partial charge on any atom is 0.138 e. The van der Waals surface area contributed by atoms with Crippen LogP contribution < -0.4 is 4.74 Å². The predicted molar refractivity (Wildman–Crippen MR) is 130 cm³/mol. The highest BCUT2D eigenvalue weighted by molar-refractivity contribution is 6.87. The van der Waals surface area contributed by atoms with Crippen LogP contribution in [-0.2, 0) is 14.2 Å². The first-order valence-electron chi connectivity index (χ1n) is 10.9. The van der Waals surface area contributed by atoms with Gasteiger partial charge in [0, 0.05) is 19.2 Å². The van der Waals surface area contributed by atoms with Crippen LogP contribution in [0.1, 0.15) is 46.0 Å². The molecule has 0 aliphatic carbocycles. The summed E-state index contributed by atoms with van der Waals surface area (Å²) >= 11 is 0. The number of rotatable bonds is 10.